The minimum Gasteiger partial charge on any atom is -0.497 e. The lowest BCUT2D eigenvalue weighted by molar-refractivity contribution is 0.415. The molecule has 6 heteroatoms. The summed E-state index contributed by atoms with van der Waals surface area (Å²) in [6.07, 6.45) is 0. The minimum atomic E-state index is 0.227. The molecule has 0 fully saturated rings. The number of aromatic nitrogens is 3. The summed E-state index contributed by atoms with van der Waals surface area (Å²) in [6, 6.07) is 13.9. The second kappa shape index (κ2) is 6.12. The zero-order valence-corrected chi connectivity index (χ0v) is 14.5. The van der Waals surface area contributed by atoms with E-state index < -0.39 is 0 Å². The average molecular weight is 336 g/mol. The number of hydrogen-bond donors (Lipinski definition) is 1. The van der Waals surface area contributed by atoms with Crippen LogP contribution in [0.3, 0.4) is 0 Å². The minimum absolute atomic E-state index is 0.227. The average Bonchev–Trinajstić information content (AvgIpc) is 3.05. The molecule has 1 atom stereocenters. The van der Waals surface area contributed by atoms with E-state index in [9.17, 15) is 0 Å². The van der Waals surface area contributed by atoms with Crippen LogP contribution in [0.1, 0.15) is 18.7 Å². The third-order valence-corrected chi connectivity index (χ3v) is 4.50. The summed E-state index contributed by atoms with van der Waals surface area (Å²) >= 11 is 0. The Morgan fingerprint density at radius 1 is 1.04 bits per heavy atom. The molecule has 1 aliphatic heterocycles. The van der Waals surface area contributed by atoms with E-state index in [0.717, 1.165) is 46.6 Å². The summed E-state index contributed by atoms with van der Waals surface area (Å²) in [6.45, 7) is 2.93. The van der Waals surface area contributed by atoms with E-state index in [0.29, 0.717) is 0 Å². The van der Waals surface area contributed by atoms with Gasteiger partial charge in [-0.15, -0.1) is 10.2 Å². The van der Waals surface area contributed by atoms with Gasteiger partial charge < -0.3 is 14.8 Å². The predicted octanol–water partition coefficient (Wildman–Crippen LogP) is 3.48. The van der Waals surface area contributed by atoms with Crippen molar-refractivity contribution >= 4 is 5.69 Å². The highest BCUT2D eigenvalue weighted by molar-refractivity contribution is 5.70. The maximum absolute atomic E-state index is 5.37. The molecule has 0 spiro atoms. The fraction of sp³-hybridized carbons (Fsp3) is 0.263. The molecular weight excluding hydrogens is 316 g/mol. The van der Waals surface area contributed by atoms with Gasteiger partial charge in [-0.3, -0.25) is 4.57 Å². The highest BCUT2D eigenvalue weighted by atomic mass is 16.5. The van der Waals surface area contributed by atoms with E-state index in [2.05, 4.69) is 27.0 Å². The summed E-state index contributed by atoms with van der Waals surface area (Å²) in [5.41, 5.74) is 2.99. The van der Waals surface area contributed by atoms with E-state index in [-0.39, 0.29) is 5.92 Å². The summed E-state index contributed by atoms with van der Waals surface area (Å²) < 4.78 is 12.8. The maximum atomic E-state index is 5.37. The molecule has 0 saturated heterocycles. The lowest BCUT2D eigenvalue weighted by Gasteiger charge is -2.13. The van der Waals surface area contributed by atoms with Crippen molar-refractivity contribution in [2.45, 2.75) is 12.8 Å². The van der Waals surface area contributed by atoms with Crippen molar-refractivity contribution in [3.8, 4) is 28.6 Å². The molecular formula is C19H20N4O2. The van der Waals surface area contributed by atoms with Crippen LogP contribution in [0.5, 0.6) is 11.5 Å². The van der Waals surface area contributed by atoms with Gasteiger partial charge in [0.2, 0.25) is 0 Å². The molecule has 0 bridgehead atoms. The molecule has 128 valence electrons. The van der Waals surface area contributed by atoms with Crippen molar-refractivity contribution in [2.24, 2.45) is 0 Å². The lowest BCUT2D eigenvalue weighted by Crippen LogP contribution is -2.09. The van der Waals surface area contributed by atoms with Crippen molar-refractivity contribution in [3.63, 3.8) is 0 Å². The monoisotopic (exact) mass is 336 g/mol. The number of nitrogens with one attached hydrogen (secondary N) is 1. The van der Waals surface area contributed by atoms with Crippen molar-refractivity contribution in [3.05, 3.63) is 48.3 Å². The molecule has 0 amide bonds. The van der Waals surface area contributed by atoms with Crippen molar-refractivity contribution in [1.29, 1.82) is 0 Å². The molecule has 4 rings (SSSR count). The fourth-order valence-electron chi connectivity index (χ4n) is 3.14. The first-order valence-electron chi connectivity index (χ1n) is 8.23. The number of fused-ring (bicyclic) bond motifs is 3. The first-order chi connectivity index (χ1) is 12.2. The van der Waals surface area contributed by atoms with Gasteiger partial charge in [-0.25, -0.2) is 0 Å². The second-order valence-electron chi connectivity index (χ2n) is 6.11. The van der Waals surface area contributed by atoms with Gasteiger partial charge in [0, 0.05) is 24.1 Å². The van der Waals surface area contributed by atoms with Crippen LogP contribution in [0, 0.1) is 0 Å². The topological polar surface area (TPSA) is 61.2 Å². The van der Waals surface area contributed by atoms with Crippen molar-refractivity contribution in [1.82, 2.24) is 14.8 Å². The standard InChI is InChI=1S/C19H20N4O2/c1-12-11-20-16-10-15(25-3)7-8-17(16)23-18(12)21-22-19(23)13-5-4-6-14(9-13)24-2/h4-10,12,20H,11H2,1-3H3. The third kappa shape index (κ3) is 2.59. The summed E-state index contributed by atoms with van der Waals surface area (Å²) in [4.78, 5) is 0. The first kappa shape index (κ1) is 15.5. The third-order valence-electron chi connectivity index (χ3n) is 4.50. The number of ether oxygens (including phenoxy) is 2. The van der Waals surface area contributed by atoms with E-state index in [4.69, 9.17) is 9.47 Å². The second-order valence-corrected chi connectivity index (χ2v) is 6.11. The molecule has 1 aliphatic rings. The quantitative estimate of drug-likeness (QED) is 0.793. The Balaban J connectivity index is 1.93. The molecule has 1 N–H and O–H groups in total. The van der Waals surface area contributed by atoms with Gasteiger partial charge in [0.25, 0.3) is 0 Å². The van der Waals surface area contributed by atoms with Gasteiger partial charge in [0.05, 0.1) is 25.6 Å². The maximum Gasteiger partial charge on any atom is 0.168 e. The van der Waals surface area contributed by atoms with Crippen LogP contribution >= 0.6 is 0 Å². The van der Waals surface area contributed by atoms with Gasteiger partial charge >= 0.3 is 0 Å². The van der Waals surface area contributed by atoms with Crippen molar-refractivity contribution in [2.75, 3.05) is 26.1 Å². The number of methoxy groups -OCH3 is 2. The predicted molar refractivity (Wildman–Crippen MR) is 96.8 cm³/mol. The Kier molecular flexibility index (Phi) is 3.80. The molecule has 0 radical (unpaired) electrons. The Labute approximate surface area is 146 Å². The van der Waals surface area contributed by atoms with E-state index >= 15 is 0 Å². The molecule has 6 nitrogen and oxygen atoms in total. The highest BCUT2D eigenvalue weighted by Crippen LogP contribution is 2.35. The van der Waals surface area contributed by atoms with Crippen LogP contribution in [-0.4, -0.2) is 35.5 Å². The number of nitrogens with zero attached hydrogens (tertiary/aromatic N) is 3. The molecule has 3 aromatic rings. The van der Waals surface area contributed by atoms with Crippen LogP contribution in [-0.2, 0) is 0 Å². The van der Waals surface area contributed by atoms with Crippen LogP contribution in [0.15, 0.2) is 42.5 Å². The van der Waals surface area contributed by atoms with Crippen molar-refractivity contribution < 1.29 is 9.47 Å². The van der Waals surface area contributed by atoms with Crippen LogP contribution in [0.2, 0.25) is 0 Å². The van der Waals surface area contributed by atoms with Gasteiger partial charge in [0.1, 0.15) is 17.3 Å². The summed E-state index contributed by atoms with van der Waals surface area (Å²) in [5, 5.41) is 12.4. The number of rotatable bonds is 3. The lowest BCUT2D eigenvalue weighted by atomic mass is 10.1. The van der Waals surface area contributed by atoms with E-state index in [1.807, 2.05) is 42.5 Å². The number of benzene rings is 2. The number of anilines is 1. The van der Waals surface area contributed by atoms with Gasteiger partial charge in [-0.1, -0.05) is 19.1 Å². The smallest absolute Gasteiger partial charge is 0.168 e. The molecule has 2 heterocycles. The highest BCUT2D eigenvalue weighted by Gasteiger charge is 2.25. The SMILES string of the molecule is COc1cccc(-c2nnc3n2-c2ccc(OC)cc2NCC3C)c1. The molecule has 2 aromatic carbocycles. The van der Waals surface area contributed by atoms with E-state index in [1.165, 1.54) is 0 Å². The molecule has 1 aromatic heterocycles. The Bertz CT molecular complexity index is 920. The Hall–Kier alpha value is -3.02. The molecule has 1 unspecified atom stereocenters. The summed E-state index contributed by atoms with van der Waals surface area (Å²) in [5.74, 6) is 3.58. The zero-order chi connectivity index (χ0) is 17.4. The van der Waals surface area contributed by atoms with Gasteiger partial charge in [-0.05, 0) is 24.3 Å². The largest absolute Gasteiger partial charge is 0.497 e. The Morgan fingerprint density at radius 3 is 2.64 bits per heavy atom. The summed E-state index contributed by atoms with van der Waals surface area (Å²) in [7, 11) is 3.34. The first-order valence-corrected chi connectivity index (χ1v) is 8.23. The molecule has 0 saturated carbocycles. The normalized spacial score (nSPS) is 15.6. The van der Waals surface area contributed by atoms with Crippen LogP contribution < -0.4 is 14.8 Å². The Morgan fingerprint density at radius 2 is 1.84 bits per heavy atom. The molecule has 25 heavy (non-hydrogen) atoms. The number of hydrogen-bond acceptors (Lipinski definition) is 5. The fourth-order valence-corrected chi connectivity index (χ4v) is 3.14. The van der Waals surface area contributed by atoms with Crippen LogP contribution in [0.25, 0.3) is 17.1 Å². The zero-order valence-electron chi connectivity index (χ0n) is 14.5. The van der Waals surface area contributed by atoms with E-state index in [1.54, 1.807) is 14.2 Å². The van der Waals surface area contributed by atoms with Crippen LogP contribution in [0.4, 0.5) is 5.69 Å². The van der Waals surface area contributed by atoms with Gasteiger partial charge in [0.15, 0.2) is 5.82 Å². The molecule has 0 aliphatic carbocycles. The van der Waals surface area contributed by atoms with Gasteiger partial charge in [-0.2, -0.15) is 0 Å².